The highest BCUT2D eigenvalue weighted by Crippen LogP contribution is 2.38. The Morgan fingerprint density at radius 3 is 2.72 bits per heavy atom. The maximum Gasteiger partial charge on any atom is 0.283 e. The van der Waals surface area contributed by atoms with Gasteiger partial charge in [-0.25, -0.2) is 0 Å². The molecule has 0 saturated heterocycles. The van der Waals surface area contributed by atoms with Gasteiger partial charge in [0, 0.05) is 17.5 Å². The molecule has 150 valence electrons. The maximum absolute atomic E-state index is 12.2. The molecule has 0 aliphatic heterocycles. The minimum atomic E-state index is -0.632. The van der Waals surface area contributed by atoms with Crippen LogP contribution in [0.4, 0.5) is 5.69 Å². The number of carbonyl (C=O) groups is 2. The molecule has 2 aromatic carbocycles. The molecule has 1 heterocycles. The molecule has 0 atom stereocenters. The van der Waals surface area contributed by atoms with Crippen LogP contribution in [0.3, 0.4) is 0 Å². The van der Waals surface area contributed by atoms with Gasteiger partial charge in [-0.05, 0) is 30.7 Å². The van der Waals surface area contributed by atoms with Crippen LogP contribution in [0.25, 0.3) is 10.9 Å². The van der Waals surface area contributed by atoms with E-state index < -0.39 is 11.8 Å². The maximum atomic E-state index is 12.2. The molecular formula is C21H22N4O4. The number of hydrogen-bond acceptors (Lipinski definition) is 5. The van der Waals surface area contributed by atoms with Gasteiger partial charge in [-0.15, -0.1) is 10.2 Å². The highest BCUT2D eigenvalue weighted by Gasteiger charge is 2.16. The molecule has 0 bridgehead atoms. The Hall–Kier alpha value is -3.68. The average Bonchev–Trinajstić information content (AvgIpc) is 3.02. The SMILES string of the molecule is CCCn1c(O)c(N=NC(=O)CNC(=O)c2cccc(OC)c2)c2ccccc21. The lowest BCUT2D eigenvalue weighted by Crippen LogP contribution is -2.28. The molecule has 8 heteroatoms. The van der Waals surface area contributed by atoms with E-state index in [2.05, 4.69) is 15.5 Å². The van der Waals surface area contributed by atoms with Crippen molar-refractivity contribution >= 4 is 28.4 Å². The zero-order valence-corrected chi connectivity index (χ0v) is 16.3. The van der Waals surface area contributed by atoms with Gasteiger partial charge in [0.25, 0.3) is 11.8 Å². The molecule has 0 fully saturated rings. The second-order valence-electron chi connectivity index (χ2n) is 6.35. The van der Waals surface area contributed by atoms with Crippen LogP contribution in [0.5, 0.6) is 11.6 Å². The number of benzene rings is 2. The van der Waals surface area contributed by atoms with Crippen molar-refractivity contribution < 1.29 is 19.4 Å². The van der Waals surface area contributed by atoms with Gasteiger partial charge in [-0.2, -0.15) is 0 Å². The second-order valence-corrected chi connectivity index (χ2v) is 6.35. The van der Waals surface area contributed by atoms with Crippen LogP contribution in [0.1, 0.15) is 23.7 Å². The standard InChI is InChI=1S/C21H22N4O4/c1-3-11-25-17-10-5-4-9-16(17)19(21(25)28)24-23-18(26)13-22-20(27)14-7-6-8-15(12-14)29-2/h4-10,12,28H,3,11,13H2,1-2H3,(H,22,27). The summed E-state index contributed by atoms with van der Waals surface area (Å²) < 4.78 is 6.81. The number of nitrogens with one attached hydrogen (secondary N) is 1. The molecule has 2 amide bonds. The first-order valence-corrected chi connectivity index (χ1v) is 9.22. The van der Waals surface area contributed by atoms with E-state index in [0.717, 1.165) is 11.9 Å². The number of fused-ring (bicyclic) bond motifs is 1. The molecule has 3 aromatic rings. The lowest BCUT2D eigenvalue weighted by molar-refractivity contribution is -0.117. The third kappa shape index (κ3) is 4.43. The number of para-hydroxylation sites is 1. The van der Waals surface area contributed by atoms with Gasteiger partial charge in [-0.3, -0.25) is 9.59 Å². The molecule has 0 aliphatic rings. The zero-order chi connectivity index (χ0) is 20.8. The first kappa shape index (κ1) is 20.1. The van der Waals surface area contributed by atoms with Crippen molar-refractivity contribution in [3.8, 4) is 11.6 Å². The largest absolute Gasteiger partial charge is 0.497 e. The second kappa shape index (κ2) is 9.01. The molecule has 0 aliphatic carbocycles. The topological polar surface area (TPSA) is 105 Å². The Labute approximate surface area is 167 Å². The summed E-state index contributed by atoms with van der Waals surface area (Å²) in [5.74, 6) is -0.546. The number of nitrogens with zero attached hydrogens (tertiary/aromatic N) is 3. The lowest BCUT2D eigenvalue weighted by atomic mass is 10.2. The number of aromatic nitrogens is 1. The summed E-state index contributed by atoms with van der Waals surface area (Å²) in [6.45, 7) is 2.31. The summed E-state index contributed by atoms with van der Waals surface area (Å²) >= 11 is 0. The van der Waals surface area contributed by atoms with Gasteiger partial charge in [0.15, 0.2) is 5.69 Å². The van der Waals surface area contributed by atoms with E-state index >= 15 is 0 Å². The fourth-order valence-corrected chi connectivity index (χ4v) is 2.98. The first-order chi connectivity index (χ1) is 14.0. The quantitative estimate of drug-likeness (QED) is 0.595. The predicted molar refractivity (Wildman–Crippen MR) is 109 cm³/mol. The van der Waals surface area contributed by atoms with Crippen LogP contribution >= 0.6 is 0 Å². The van der Waals surface area contributed by atoms with Gasteiger partial charge in [0.1, 0.15) is 12.3 Å². The van der Waals surface area contributed by atoms with Crippen molar-refractivity contribution in [2.75, 3.05) is 13.7 Å². The number of ether oxygens (including phenoxy) is 1. The average molecular weight is 394 g/mol. The molecular weight excluding hydrogens is 372 g/mol. The fourth-order valence-electron chi connectivity index (χ4n) is 2.98. The van der Waals surface area contributed by atoms with Crippen LogP contribution in [0.15, 0.2) is 58.8 Å². The van der Waals surface area contributed by atoms with Gasteiger partial charge in [-0.1, -0.05) is 31.2 Å². The zero-order valence-electron chi connectivity index (χ0n) is 16.3. The molecule has 2 N–H and O–H groups in total. The molecule has 3 rings (SSSR count). The number of azo groups is 1. The van der Waals surface area contributed by atoms with E-state index in [1.807, 2.05) is 31.2 Å². The lowest BCUT2D eigenvalue weighted by Gasteiger charge is -2.04. The first-order valence-electron chi connectivity index (χ1n) is 9.22. The fraction of sp³-hybridized carbons (Fsp3) is 0.238. The molecule has 8 nitrogen and oxygen atoms in total. The normalized spacial score (nSPS) is 11.1. The number of aryl methyl sites for hydroxylation is 1. The van der Waals surface area contributed by atoms with E-state index in [0.29, 0.717) is 23.2 Å². The van der Waals surface area contributed by atoms with Crippen LogP contribution in [-0.2, 0) is 11.3 Å². The number of amides is 2. The number of aromatic hydroxyl groups is 1. The van der Waals surface area contributed by atoms with Crippen molar-refractivity contribution in [2.24, 2.45) is 10.2 Å². The number of rotatable bonds is 7. The smallest absolute Gasteiger partial charge is 0.283 e. The van der Waals surface area contributed by atoms with Crippen LogP contribution in [-0.4, -0.2) is 35.1 Å². The summed E-state index contributed by atoms with van der Waals surface area (Å²) in [4.78, 5) is 24.2. The van der Waals surface area contributed by atoms with Gasteiger partial charge < -0.3 is 19.7 Å². The summed E-state index contributed by atoms with van der Waals surface area (Å²) in [5.41, 5.74) is 1.43. The molecule has 29 heavy (non-hydrogen) atoms. The van der Waals surface area contributed by atoms with Crippen LogP contribution in [0.2, 0.25) is 0 Å². The Bertz CT molecular complexity index is 1070. The van der Waals surface area contributed by atoms with Crippen molar-refractivity contribution in [1.29, 1.82) is 0 Å². The minimum Gasteiger partial charge on any atom is -0.497 e. The Morgan fingerprint density at radius 2 is 1.97 bits per heavy atom. The van der Waals surface area contributed by atoms with Crippen LogP contribution < -0.4 is 10.1 Å². The Balaban J connectivity index is 1.71. The Kier molecular flexibility index (Phi) is 6.23. The third-order valence-corrected chi connectivity index (χ3v) is 4.36. The van der Waals surface area contributed by atoms with E-state index in [9.17, 15) is 14.7 Å². The molecule has 0 spiro atoms. The number of methoxy groups -OCH3 is 1. The molecule has 1 aromatic heterocycles. The van der Waals surface area contributed by atoms with E-state index in [1.165, 1.54) is 7.11 Å². The third-order valence-electron chi connectivity index (χ3n) is 4.36. The van der Waals surface area contributed by atoms with Crippen molar-refractivity contribution in [2.45, 2.75) is 19.9 Å². The Morgan fingerprint density at radius 1 is 1.17 bits per heavy atom. The monoisotopic (exact) mass is 394 g/mol. The highest BCUT2D eigenvalue weighted by molar-refractivity contribution is 5.97. The van der Waals surface area contributed by atoms with E-state index in [-0.39, 0.29) is 18.1 Å². The highest BCUT2D eigenvalue weighted by atomic mass is 16.5. The van der Waals surface area contributed by atoms with Crippen molar-refractivity contribution in [3.05, 3.63) is 54.1 Å². The van der Waals surface area contributed by atoms with E-state index in [4.69, 9.17) is 4.74 Å². The minimum absolute atomic E-state index is 0.0370. The molecule has 0 radical (unpaired) electrons. The van der Waals surface area contributed by atoms with Gasteiger partial charge >= 0.3 is 0 Å². The van der Waals surface area contributed by atoms with Gasteiger partial charge in [0.05, 0.1) is 12.6 Å². The summed E-state index contributed by atoms with van der Waals surface area (Å²) in [6.07, 6.45) is 0.831. The number of hydrogen-bond donors (Lipinski definition) is 2. The predicted octanol–water partition coefficient (Wildman–Crippen LogP) is 3.81. The van der Waals surface area contributed by atoms with Gasteiger partial charge in [0.2, 0.25) is 5.88 Å². The van der Waals surface area contributed by atoms with Crippen LogP contribution in [0, 0.1) is 0 Å². The molecule has 0 unspecified atom stereocenters. The van der Waals surface area contributed by atoms with Crippen molar-refractivity contribution in [1.82, 2.24) is 9.88 Å². The summed E-state index contributed by atoms with van der Waals surface area (Å²) in [5, 5.41) is 21.3. The van der Waals surface area contributed by atoms with E-state index in [1.54, 1.807) is 28.8 Å². The number of carbonyl (C=O) groups excluding carboxylic acids is 2. The van der Waals surface area contributed by atoms with Crippen molar-refractivity contribution in [3.63, 3.8) is 0 Å². The summed E-state index contributed by atoms with van der Waals surface area (Å²) in [7, 11) is 1.51. The summed E-state index contributed by atoms with van der Waals surface area (Å²) in [6, 6.07) is 14.0. The molecule has 0 saturated carbocycles.